The van der Waals surface area contributed by atoms with E-state index in [1.54, 1.807) is 12.1 Å². The molecule has 2 nitrogen and oxygen atoms in total. The summed E-state index contributed by atoms with van der Waals surface area (Å²) in [5, 5.41) is 9.30. The van der Waals surface area contributed by atoms with Gasteiger partial charge >= 0.3 is 0 Å². The van der Waals surface area contributed by atoms with Crippen molar-refractivity contribution in [3.63, 3.8) is 0 Å². The van der Waals surface area contributed by atoms with Crippen molar-refractivity contribution in [3.8, 4) is 6.07 Å². The normalized spacial score (nSPS) is 13.5. The first kappa shape index (κ1) is 14.0. The van der Waals surface area contributed by atoms with Crippen LogP contribution in [0.15, 0.2) is 18.2 Å². The van der Waals surface area contributed by atoms with E-state index in [4.69, 9.17) is 11.6 Å². The lowest BCUT2D eigenvalue weighted by atomic mass is 9.81. The van der Waals surface area contributed by atoms with Gasteiger partial charge in [-0.1, -0.05) is 17.7 Å². The van der Waals surface area contributed by atoms with E-state index >= 15 is 0 Å². The minimum atomic E-state index is -0.579. The topological polar surface area (TPSA) is 27.0 Å². The summed E-state index contributed by atoms with van der Waals surface area (Å²) in [6.45, 7) is 3.71. The van der Waals surface area contributed by atoms with Crippen LogP contribution in [-0.4, -0.2) is 19.0 Å². The number of hydrogen-bond acceptors (Lipinski definition) is 2. The first-order valence-electron chi connectivity index (χ1n) is 5.32. The molecule has 1 atom stereocenters. The summed E-state index contributed by atoms with van der Waals surface area (Å²) in [7, 11) is 3.78. The van der Waals surface area contributed by atoms with E-state index in [2.05, 4.69) is 6.07 Å². The van der Waals surface area contributed by atoms with Crippen molar-refractivity contribution in [3.05, 3.63) is 34.6 Å². The first-order chi connectivity index (χ1) is 7.79. The summed E-state index contributed by atoms with van der Waals surface area (Å²) in [4.78, 5) is 1.94. The maximum Gasteiger partial charge on any atom is 0.141 e. The number of halogens is 2. The average molecular weight is 255 g/mol. The van der Waals surface area contributed by atoms with Crippen molar-refractivity contribution in [2.45, 2.75) is 19.9 Å². The Kier molecular flexibility index (Phi) is 4.13. The van der Waals surface area contributed by atoms with Gasteiger partial charge in [-0.15, -0.1) is 0 Å². The van der Waals surface area contributed by atoms with Gasteiger partial charge in [-0.25, -0.2) is 4.39 Å². The Morgan fingerprint density at radius 2 is 2.00 bits per heavy atom. The van der Waals surface area contributed by atoms with Gasteiger partial charge in [-0.2, -0.15) is 5.26 Å². The Balaban J connectivity index is 3.25. The van der Waals surface area contributed by atoms with Gasteiger partial charge in [0, 0.05) is 0 Å². The van der Waals surface area contributed by atoms with E-state index in [9.17, 15) is 9.65 Å². The highest BCUT2D eigenvalue weighted by Crippen LogP contribution is 2.37. The molecule has 0 aliphatic heterocycles. The lowest BCUT2D eigenvalue weighted by Gasteiger charge is -2.34. The predicted molar refractivity (Wildman–Crippen MR) is 67.2 cm³/mol. The SMILES string of the molecule is CN(C)C(c1ccc(F)c(Cl)c1)C(C)(C)C#N. The van der Waals surface area contributed by atoms with Gasteiger partial charge < -0.3 is 4.90 Å². The number of hydrogen-bond donors (Lipinski definition) is 0. The largest absolute Gasteiger partial charge is 0.301 e. The molecule has 1 aromatic rings. The van der Waals surface area contributed by atoms with Crippen molar-refractivity contribution < 1.29 is 4.39 Å². The lowest BCUT2D eigenvalue weighted by Crippen LogP contribution is -2.32. The van der Waals surface area contributed by atoms with Gasteiger partial charge in [0.25, 0.3) is 0 Å². The first-order valence-corrected chi connectivity index (χ1v) is 5.70. The van der Waals surface area contributed by atoms with Crippen LogP contribution in [0.2, 0.25) is 5.02 Å². The lowest BCUT2D eigenvalue weighted by molar-refractivity contribution is 0.185. The highest BCUT2D eigenvalue weighted by atomic mass is 35.5. The number of nitrogens with zero attached hydrogens (tertiary/aromatic N) is 2. The molecule has 0 fully saturated rings. The zero-order valence-electron chi connectivity index (χ0n) is 10.5. The Hall–Kier alpha value is -1.11. The van der Waals surface area contributed by atoms with Crippen molar-refractivity contribution in [1.29, 1.82) is 5.26 Å². The van der Waals surface area contributed by atoms with Crippen molar-refractivity contribution in [1.82, 2.24) is 4.90 Å². The van der Waals surface area contributed by atoms with Gasteiger partial charge in [-0.3, -0.25) is 0 Å². The molecular formula is C13H16ClFN2. The monoisotopic (exact) mass is 254 g/mol. The molecule has 0 spiro atoms. The molecule has 92 valence electrons. The van der Waals surface area contributed by atoms with Gasteiger partial charge in [0.2, 0.25) is 0 Å². The van der Waals surface area contributed by atoms with E-state index in [0.29, 0.717) is 0 Å². The highest BCUT2D eigenvalue weighted by molar-refractivity contribution is 6.30. The third-order valence-corrected chi connectivity index (χ3v) is 3.04. The van der Waals surface area contributed by atoms with Crippen molar-refractivity contribution in [2.75, 3.05) is 14.1 Å². The predicted octanol–water partition coefficient (Wildman–Crippen LogP) is 3.63. The van der Waals surface area contributed by atoms with Crippen molar-refractivity contribution >= 4 is 11.6 Å². The van der Waals surface area contributed by atoms with Crippen LogP contribution in [0.1, 0.15) is 25.5 Å². The summed E-state index contributed by atoms with van der Waals surface area (Å²) in [5.41, 5.74) is 0.262. The van der Waals surface area contributed by atoms with E-state index in [0.717, 1.165) is 5.56 Å². The van der Waals surface area contributed by atoms with Gasteiger partial charge in [0.15, 0.2) is 0 Å². The van der Waals surface area contributed by atoms with E-state index in [1.807, 2.05) is 32.8 Å². The summed E-state index contributed by atoms with van der Waals surface area (Å²) < 4.78 is 13.1. The minimum Gasteiger partial charge on any atom is -0.301 e. The average Bonchev–Trinajstić information content (AvgIpc) is 2.22. The molecule has 0 bridgehead atoms. The molecule has 0 amide bonds. The molecule has 0 N–H and O–H groups in total. The zero-order valence-corrected chi connectivity index (χ0v) is 11.2. The molecule has 4 heteroatoms. The highest BCUT2D eigenvalue weighted by Gasteiger charge is 2.32. The Morgan fingerprint density at radius 3 is 2.41 bits per heavy atom. The molecule has 0 heterocycles. The molecule has 1 unspecified atom stereocenters. The van der Waals surface area contributed by atoms with Gasteiger partial charge in [-0.05, 0) is 45.6 Å². The molecule has 0 radical (unpaired) electrons. The second-order valence-corrected chi connectivity index (χ2v) is 5.28. The second kappa shape index (κ2) is 5.03. The number of nitriles is 1. The van der Waals surface area contributed by atoms with Crippen LogP contribution in [0.5, 0.6) is 0 Å². The van der Waals surface area contributed by atoms with E-state index in [-0.39, 0.29) is 11.1 Å². The Morgan fingerprint density at radius 1 is 1.41 bits per heavy atom. The van der Waals surface area contributed by atoms with Crippen LogP contribution in [0, 0.1) is 22.6 Å². The quantitative estimate of drug-likeness (QED) is 0.824. The van der Waals surface area contributed by atoms with E-state index < -0.39 is 11.2 Å². The van der Waals surface area contributed by atoms with Crippen LogP contribution < -0.4 is 0 Å². The summed E-state index contributed by atoms with van der Waals surface area (Å²) >= 11 is 5.78. The molecule has 1 rings (SSSR count). The number of benzene rings is 1. The number of rotatable bonds is 3. The zero-order chi connectivity index (χ0) is 13.2. The summed E-state index contributed by atoms with van der Waals surface area (Å²) in [5.74, 6) is -0.442. The summed E-state index contributed by atoms with van der Waals surface area (Å²) in [6, 6.07) is 6.73. The van der Waals surface area contributed by atoms with E-state index in [1.165, 1.54) is 6.07 Å². The standard InChI is InChI=1S/C13H16ClFN2/c1-13(2,8-16)12(17(3)4)9-5-6-11(15)10(14)7-9/h5-7,12H,1-4H3. The fourth-order valence-electron chi connectivity index (χ4n) is 2.10. The smallest absolute Gasteiger partial charge is 0.141 e. The molecule has 0 aliphatic rings. The fraction of sp³-hybridized carbons (Fsp3) is 0.462. The van der Waals surface area contributed by atoms with Crippen LogP contribution in [0.25, 0.3) is 0 Å². The van der Waals surface area contributed by atoms with Gasteiger partial charge in [0.1, 0.15) is 5.82 Å². The second-order valence-electron chi connectivity index (χ2n) is 4.87. The van der Waals surface area contributed by atoms with Crippen LogP contribution in [0.4, 0.5) is 4.39 Å². The van der Waals surface area contributed by atoms with Crippen LogP contribution >= 0.6 is 11.6 Å². The van der Waals surface area contributed by atoms with Crippen molar-refractivity contribution in [2.24, 2.45) is 5.41 Å². The molecule has 0 aromatic heterocycles. The fourth-order valence-corrected chi connectivity index (χ4v) is 2.29. The molecule has 0 saturated carbocycles. The van der Waals surface area contributed by atoms with Gasteiger partial charge in [0.05, 0.1) is 22.5 Å². The minimum absolute atomic E-state index is 0.0862. The Labute approximate surface area is 107 Å². The molecule has 0 saturated heterocycles. The van der Waals surface area contributed by atoms with Crippen LogP contribution in [0.3, 0.4) is 0 Å². The van der Waals surface area contributed by atoms with Crippen LogP contribution in [-0.2, 0) is 0 Å². The maximum absolute atomic E-state index is 13.1. The Bertz CT molecular complexity index is 449. The maximum atomic E-state index is 13.1. The third kappa shape index (κ3) is 2.96. The molecule has 17 heavy (non-hydrogen) atoms. The third-order valence-electron chi connectivity index (χ3n) is 2.75. The molecule has 1 aromatic carbocycles. The summed E-state index contributed by atoms with van der Waals surface area (Å²) in [6.07, 6.45) is 0. The molecule has 0 aliphatic carbocycles. The molecular weight excluding hydrogens is 239 g/mol.